The lowest BCUT2D eigenvalue weighted by Crippen LogP contribution is -2.11. The molecule has 0 bridgehead atoms. The smallest absolute Gasteiger partial charge is 0.224 e. The van der Waals surface area contributed by atoms with Crippen molar-refractivity contribution in [2.75, 3.05) is 18.9 Å². The van der Waals surface area contributed by atoms with Gasteiger partial charge in [0.2, 0.25) is 5.91 Å². The van der Waals surface area contributed by atoms with E-state index in [1.165, 1.54) is 11.1 Å². The third-order valence-corrected chi connectivity index (χ3v) is 3.48. The van der Waals surface area contributed by atoms with Crippen LogP contribution in [0.15, 0.2) is 18.2 Å². The Morgan fingerprint density at radius 2 is 2.05 bits per heavy atom. The molecule has 0 fully saturated rings. The molecule has 104 valence electrons. The molecule has 0 saturated heterocycles. The van der Waals surface area contributed by atoms with Gasteiger partial charge in [-0.3, -0.25) is 9.69 Å². The summed E-state index contributed by atoms with van der Waals surface area (Å²) in [5.41, 5.74) is 9.03. The van der Waals surface area contributed by atoms with Crippen molar-refractivity contribution in [3.63, 3.8) is 0 Å². The Morgan fingerprint density at radius 3 is 2.84 bits per heavy atom. The third kappa shape index (κ3) is 4.04. The number of nitrogens with one attached hydrogen (secondary N) is 1. The number of hydrogen-bond acceptors (Lipinski definition) is 3. The second-order valence-corrected chi connectivity index (χ2v) is 5.30. The van der Waals surface area contributed by atoms with Gasteiger partial charge < -0.3 is 11.1 Å². The fourth-order valence-corrected chi connectivity index (χ4v) is 2.47. The minimum atomic E-state index is 0.100. The van der Waals surface area contributed by atoms with Crippen molar-refractivity contribution in [1.29, 1.82) is 0 Å². The molecule has 19 heavy (non-hydrogen) atoms. The van der Waals surface area contributed by atoms with Gasteiger partial charge in [-0.25, -0.2) is 0 Å². The van der Waals surface area contributed by atoms with Crippen molar-refractivity contribution in [3.05, 3.63) is 29.3 Å². The van der Waals surface area contributed by atoms with Gasteiger partial charge in [-0.1, -0.05) is 12.5 Å². The average Bonchev–Trinajstić information content (AvgIpc) is 2.74. The number of carbonyl (C=O) groups is 1. The predicted octanol–water partition coefficient (Wildman–Crippen LogP) is 2.09. The van der Waals surface area contributed by atoms with Gasteiger partial charge in [0.25, 0.3) is 0 Å². The minimum absolute atomic E-state index is 0.100. The lowest BCUT2D eigenvalue weighted by molar-refractivity contribution is -0.116. The summed E-state index contributed by atoms with van der Waals surface area (Å²) >= 11 is 0. The Labute approximate surface area is 115 Å². The lowest BCUT2D eigenvalue weighted by atomic mass is 10.1. The summed E-state index contributed by atoms with van der Waals surface area (Å²) in [5, 5.41) is 2.97. The molecule has 1 aliphatic rings. The first-order valence-electron chi connectivity index (χ1n) is 6.99. The summed E-state index contributed by atoms with van der Waals surface area (Å²) in [7, 11) is 2.11. The average molecular weight is 261 g/mol. The van der Waals surface area contributed by atoms with Crippen LogP contribution in [0.4, 0.5) is 5.69 Å². The Morgan fingerprint density at radius 1 is 1.26 bits per heavy atom. The maximum absolute atomic E-state index is 11.8. The molecule has 1 amide bonds. The number of fused-ring (bicyclic) bond motifs is 1. The van der Waals surface area contributed by atoms with Gasteiger partial charge in [-0.05, 0) is 49.7 Å². The quantitative estimate of drug-likeness (QED) is 0.771. The molecule has 0 aromatic heterocycles. The largest absolute Gasteiger partial charge is 0.330 e. The standard InChI is InChI=1S/C15H23N3O/c1-18-10-12-6-7-14(9-13(12)11-18)17-15(19)5-3-2-4-8-16/h6-7,9H,2-5,8,10-11,16H2,1H3,(H,17,19). The van der Waals surface area contributed by atoms with E-state index < -0.39 is 0 Å². The first kappa shape index (κ1) is 14.0. The molecule has 0 aliphatic carbocycles. The number of rotatable bonds is 6. The van der Waals surface area contributed by atoms with Gasteiger partial charge >= 0.3 is 0 Å². The van der Waals surface area contributed by atoms with Crippen LogP contribution >= 0.6 is 0 Å². The van der Waals surface area contributed by atoms with Gasteiger partial charge in [-0.15, -0.1) is 0 Å². The summed E-state index contributed by atoms with van der Waals surface area (Å²) < 4.78 is 0. The minimum Gasteiger partial charge on any atom is -0.330 e. The van der Waals surface area contributed by atoms with Crippen LogP contribution in [0.5, 0.6) is 0 Å². The fraction of sp³-hybridized carbons (Fsp3) is 0.533. The normalized spacial score (nSPS) is 14.4. The van der Waals surface area contributed by atoms with Crippen molar-refractivity contribution < 1.29 is 4.79 Å². The van der Waals surface area contributed by atoms with E-state index in [9.17, 15) is 4.79 Å². The molecule has 0 spiro atoms. The summed E-state index contributed by atoms with van der Waals surface area (Å²) in [6.45, 7) is 2.68. The highest BCUT2D eigenvalue weighted by Gasteiger charge is 2.15. The summed E-state index contributed by atoms with van der Waals surface area (Å²) in [6, 6.07) is 6.20. The molecule has 0 radical (unpaired) electrons. The zero-order chi connectivity index (χ0) is 13.7. The van der Waals surface area contributed by atoms with Crippen LogP contribution < -0.4 is 11.1 Å². The molecule has 3 N–H and O–H groups in total. The van der Waals surface area contributed by atoms with Crippen LogP contribution in [-0.2, 0) is 17.9 Å². The highest BCUT2D eigenvalue weighted by Crippen LogP contribution is 2.24. The number of anilines is 1. The molecule has 1 aromatic carbocycles. The molecule has 4 nitrogen and oxygen atoms in total. The highest BCUT2D eigenvalue weighted by atomic mass is 16.1. The molecule has 0 unspecified atom stereocenters. The van der Waals surface area contributed by atoms with Gasteiger partial charge in [0, 0.05) is 25.2 Å². The van der Waals surface area contributed by atoms with Gasteiger partial charge in [0.15, 0.2) is 0 Å². The van der Waals surface area contributed by atoms with Crippen LogP contribution in [0.2, 0.25) is 0 Å². The molecule has 1 aliphatic heterocycles. The highest BCUT2D eigenvalue weighted by molar-refractivity contribution is 5.90. The van der Waals surface area contributed by atoms with E-state index in [-0.39, 0.29) is 5.91 Å². The van der Waals surface area contributed by atoms with Crippen molar-refractivity contribution in [1.82, 2.24) is 4.90 Å². The van der Waals surface area contributed by atoms with Crippen molar-refractivity contribution in [2.24, 2.45) is 5.73 Å². The molecular formula is C15H23N3O. The molecule has 0 atom stereocenters. The van der Waals surface area contributed by atoms with E-state index in [1.54, 1.807) is 0 Å². The molecule has 0 saturated carbocycles. The topological polar surface area (TPSA) is 58.4 Å². The Kier molecular flexibility index (Phi) is 4.93. The maximum Gasteiger partial charge on any atom is 0.224 e. The van der Waals surface area contributed by atoms with Crippen LogP contribution in [-0.4, -0.2) is 24.4 Å². The van der Waals surface area contributed by atoms with Crippen molar-refractivity contribution in [2.45, 2.75) is 38.8 Å². The summed E-state index contributed by atoms with van der Waals surface area (Å²) in [6.07, 6.45) is 3.52. The number of nitrogens with two attached hydrogens (primary N) is 1. The van der Waals surface area contributed by atoms with Gasteiger partial charge in [-0.2, -0.15) is 0 Å². The van der Waals surface area contributed by atoms with Crippen molar-refractivity contribution in [3.8, 4) is 0 Å². The van der Waals surface area contributed by atoms with Crippen LogP contribution in [0.3, 0.4) is 0 Å². The third-order valence-electron chi connectivity index (χ3n) is 3.48. The SMILES string of the molecule is CN1Cc2ccc(NC(=O)CCCCCN)cc2C1. The number of benzene rings is 1. The van der Waals surface area contributed by atoms with Gasteiger partial charge in [0.05, 0.1) is 0 Å². The summed E-state index contributed by atoms with van der Waals surface area (Å²) in [5.74, 6) is 0.100. The summed E-state index contributed by atoms with van der Waals surface area (Å²) in [4.78, 5) is 14.1. The number of carbonyl (C=O) groups excluding carboxylic acids is 1. The van der Waals surface area contributed by atoms with Gasteiger partial charge in [0.1, 0.15) is 0 Å². The second-order valence-electron chi connectivity index (χ2n) is 5.30. The van der Waals surface area contributed by atoms with E-state index >= 15 is 0 Å². The van der Waals surface area contributed by atoms with E-state index in [1.807, 2.05) is 6.07 Å². The molecule has 1 aromatic rings. The Bertz CT molecular complexity index is 445. The van der Waals surface area contributed by atoms with Crippen LogP contribution in [0.1, 0.15) is 36.8 Å². The van der Waals surface area contributed by atoms with E-state index in [2.05, 4.69) is 29.4 Å². The van der Waals surface area contributed by atoms with E-state index in [4.69, 9.17) is 5.73 Å². The van der Waals surface area contributed by atoms with E-state index in [0.29, 0.717) is 13.0 Å². The number of unbranched alkanes of at least 4 members (excludes halogenated alkanes) is 2. The van der Waals surface area contributed by atoms with Crippen LogP contribution in [0, 0.1) is 0 Å². The first-order chi connectivity index (χ1) is 9.19. The maximum atomic E-state index is 11.8. The monoisotopic (exact) mass is 261 g/mol. The number of nitrogens with zero attached hydrogens (tertiary/aromatic N) is 1. The molecule has 2 rings (SSSR count). The fourth-order valence-electron chi connectivity index (χ4n) is 2.47. The molecular weight excluding hydrogens is 238 g/mol. The number of amides is 1. The zero-order valence-electron chi connectivity index (χ0n) is 11.6. The molecule has 1 heterocycles. The molecule has 4 heteroatoms. The lowest BCUT2D eigenvalue weighted by Gasteiger charge is -2.07. The predicted molar refractivity (Wildman–Crippen MR) is 77.8 cm³/mol. The first-order valence-corrected chi connectivity index (χ1v) is 6.99. The Balaban J connectivity index is 1.83. The van der Waals surface area contributed by atoms with Crippen LogP contribution in [0.25, 0.3) is 0 Å². The number of hydrogen-bond donors (Lipinski definition) is 2. The van der Waals surface area contributed by atoms with Crippen molar-refractivity contribution >= 4 is 11.6 Å². The Hall–Kier alpha value is -1.39. The van der Waals surface area contributed by atoms with E-state index in [0.717, 1.165) is 38.0 Å². The second kappa shape index (κ2) is 6.68. The zero-order valence-corrected chi connectivity index (χ0v) is 11.6.